The van der Waals surface area contributed by atoms with E-state index in [4.69, 9.17) is 14.2 Å². The number of halogens is 1. The van der Waals surface area contributed by atoms with Crippen LogP contribution in [0.15, 0.2) is 60.9 Å². The minimum absolute atomic E-state index is 0.375. The highest BCUT2D eigenvalue weighted by atomic mass is 127. The SMILES string of the molecule is C=C(/C=C\C(=C)C(C)I)OC(C)OCCOc1ccc(C2CCCCC2)cc1.CC. The fourth-order valence-electron chi connectivity index (χ4n) is 3.26. The Hall–Kier alpha value is -1.27. The molecule has 1 aromatic rings. The summed E-state index contributed by atoms with van der Waals surface area (Å²) >= 11 is 2.32. The van der Waals surface area contributed by atoms with Crippen LogP contribution in [0.1, 0.15) is 71.3 Å². The molecule has 2 unspecified atom stereocenters. The molecule has 1 saturated carbocycles. The first-order chi connectivity index (χ1) is 14.5. The largest absolute Gasteiger partial charge is 0.491 e. The summed E-state index contributed by atoms with van der Waals surface area (Å²) in [6.07, 6.45) is 10.1. The van der Waals surface area contributed by atoms with E-state index in [9.17, 15) is 0 Å². The standard InChI is InChI=1S/C24H33IO3.C2H6/c1-18(20(3)25)10-11-19(2)28-21(4)26-16-17-27-24-14-12-23(13-15-24)22-8-6-5-7-9-22;1-2/h10-15,20-22H,1-2,5-9,16-17H2,3-4H3;1-2H3/b11-10-;. The van der Waals surface area contributed by atoms with Crippen molar-refractivity contribution >= 4 is 22.6 Å². The Labute approximate surface area is 197 Å². The molecule has 1 aromatic carbocycles. The Bertz CT molecular complexity index is 643. The van der Waals surface area contributed by atoms with Gasteiger partial charge >= 0.3 is 0 Å². The molecule has 30 heavy (non-hydrogen) atoms. The van der Waals surface area contributed by atoms with Gasteiger partial charge in [-0.15, -0.1) is 0 Å². The van der Waals surface area contributed by atoms with E-state index in [1.165, 1.54) is 37.7 Å². The third-order valence-corrected chi connectivity index (χ3v) is 5.77. The summed E-state index contributed by atoms with van der Waals surface area (Å²) in [4.78, 5) is 0. The quantitative estimate of drug-likeness (QED) is 0.0731. The lowest BCUT2D eigenvalue weighted by Gasteiger charge is -2.22. The number of rotatable bonds is 11. The van der Waals surface area contributed by atoms with E-state index in [1.807, 2.05) is 32.9 Å². The van der Waals surface area contributed by atoms with E-state index in [-0.39, 0.29) is 6.29 Å². The van der Waals surface area contributed by atoms with Gasteiger partial charge in [-0.05, 0) is 62.0 Å². The van der Waals surface area contributed by atoms with Crippen molar-refractivity contribution in [2.75, 3.05) is 13.2 Å². The molecule has 0 spiro atoms. The first-order valence-corrected chi connectivity index (χ1v) is 12.4. The number of benzene rings is 1. The molecule has 4 heteroatoms. The molecule has 168 valence electrons. The molecular weight excluding hydrogens is 487 g/mol. The van der Waals surface area contributed by atoms with Crippen LogP contribution in [0, 0.1) is 0 Å². The summed E-state index contributed by atoms with van der Waals surface area (Å²) in [5.41, 5.74) is 2.47. The summed E-state index contributed by atoms with van der Waals surface area (Å²) in [5, 5.41) is 0. The van der Waals surface area contributed by atoms with Gasteiger partial charge in [0.1, 0.15) is 18.1 Å². The number of allylic oxidation sites excluding steroid dienone is 3. The molecule has 0 aliphatic heterocycles. The Morgan fingerprint density at radius 2 is 1.67 bits per heavy atom. The average molecular weight is 526 g/mol. The summed E-state index contributed by atoms with van der Waals surface area (Å²) in [6, 6.07) is 8.55. The molecule has 0 aromatic heterocycles. The van der Waals surface area contributed by atoms with Crippen LogP contribution in [0.3, 0.4) is 0 Å². The van der Waals surface area contributed by atoms with E-state index < -0.39 is 0 Å². The van der Waals surface area contributed by atoms with Crippen molar-refractivity contribution in [2.45, 2.75) is 75.9 Å². The highest BCUT2D eigenvalue weighted by molar-refractivity contribution is 14.1. The Kier molecular flexibility index (Phi) is 13.8. The zero-order valence-corrected chi connectivity index (χ0v) is 21.3. The average Bonchev–Trinajstić information content (AvgIpc) is 2.77. The van der Waals surface area contributed by atoms with Crippen LogP contribution in [0.5, 0.6) is 5.75 Å². The van der Waals surface area contributed by atoms with Gasteiger partial charge < -0.3 is 14.2 Å². The number of hydrogen-bond donors (Lipinski definition) is 0. The molecule has 0 radical (unpaired) electrons. The van der Waals surface area contributed by atoms with Gasteiger partial charge in [0, 0.05) is 3.92 Å². The normalized spacial score (nSPS) is 16.3. The fourth-order valence-corrected chi connectivity index (χ4v) is 3.47. The summed E-state index contributed by atoms with van der Waals surface area (Å²) in [5.74, 6) is 2.17. The lowest BCUT2D eigenvalue weighted by Crippen LogP contribution is -2.16. The molecular formula is C26H39IO3. The molecule has 0 heterocycles. The van der Waals surface area contributed by atoms with Crippen LogP contribution in [0.2, 0.25) is 0 Å². The third kappa shape index (κ3) is 10.7. The minimum atomic E-state index is -0.375. The lowest BCUT2D eigenvalue weighted by molar-refractivity contribution is -0.105. The monoisotopic (exact) mass is 526 g/mol. The van der Waals surface area contributed by atoms with Crippen LogP contribution < -0.4 is 4.74 Å². The maximum atomic E-state index is 5.78. The van der Waals surface area contributed by atoms with Crippen molar-refractivity contribution in [3.63, 3.8) is 0 Å². The second-order valence-corrected chi connectivity index (χ2v) is 9.17. The van der Waals surface area contributed by atoms with E-state index in [0.29, 0.717) is 22.9 Å². The van der Waals surface area contributed by atoms with Gasteiger partial charge in [-0.3, -0.25) is 0 Å². The van der Waals surface area contributed by atoms with Gasteiger partial charge in [0.05, 0.1) is 6.61 Å². The van der Waals surface area contributed by atoms with Crippen molar-refractivity contribution in [1.29, 1.82) is 0 Å². The molecule has 3 nitrogen and oxygen atoms in total. The van der Waals surface area contributed by atoms with Crippen LogP contribution in [-0.4, -0.2) is 23.4 Å². The molecule has 0 N–H and O–H groups in total. The lowest BCUT2D eigenvalue weighted by atomic mass is 9.84. The molecule has 1 fully saturated rings. The second kappa shape index (κ2) is 15.5. The molecule has 2 atom stereocenters. The fraction of sp³-hybridized carbons (Fsp3) is 0.538. The van der Waals surface area contributed by atoms with Gasteiger partial charge in [-0.25, -0.2) is 0 Å². The smallest absolute Gasteiger partial charge is 0.197 e. The summed E-state index contributed by atoms with van der Waals surface area (Å²) in [7, 11) is 0. The van der Waals surface area contributed by atoms with Gasteiger partial charge in [-0.2, -0.15) is 0 Å². The van der Waals surface area contributed by atoms with E-state index in [0.717, 1.165) is 17.2 Å². The van der Waals surface area contributed by atoms with Crippen LogP contribution in [0.4, 0.5) is 0 Å². The second-order valence-electron chi connectivity index (χ2n) is 7.30. The van der Waals surface area contributed by atoms with Crippen LogP contribution in [0.25, 0.3) is 0 Å². The highest BCUT2D eigenvalue weighted by Gasteiger charge is 2.15. The number of hydrogen-bond acceptors (Lipinski definition) is 3. The van der Waals surface area contributed by atoms with Gasteiger partial charge in [0.15, 0.2) is 6.29 Å². The third-order valence-electron chi connectivity index (χ3n) is 4.97. The summed E-state index contributed by atoms with van der Waals surface area (Å²) in [6.45, 7) is 16.8. The zero-order valence-electron chi connectivity index (χ0n) is 19.2. The zero-order chi connectivity index (χ0) is 22.4. The van der Waals surface area contributed by atoms with Crippen molar-refractivity contribution in [3.8, 4) is 5.75 Å². The molecule has 1 aliphatic rings. The van der Waals surface area contributed by atoms with Crippen LogP contribution in [-0.2, 0) is 9.47 Å². The Balaban J connectivity index is 0.00000218. The topological polar surface area (TPSA) is 27.7 Å². The van der Waals surface area contributed by atoms with E-state index in [2.05, 4.69) is 66.9 Å². The number of alkyl halides is 1. The molecule has 2 rings (SSSR count). The molecule has 1 aliphatic carbocycles. The Morgan fingerprint density at radius 3 is 2.27 bits per heavy atom. The molecule has 0 bridgehead atoms. The number of ether oxygens (including phenoxy) is 3. The van der Waals surface area contributed by atoms with Crippen molar-refractivity contribution in [3.05, 3.63) is 66.5 Å². The van der Waals surface area contributed by atoms with Gasteiger partial charge in [0.2, 0.25) is 0 Å². The predicted molar refractivity (Wildman–Crippen MR) is 137 cm³/mol. The van der Waals surface area contributed by atoms with E-state index >= 15 is 0 Å². The maximum Gasteiger partial charge on any atom is 0.197 e. The first kappa shape index (κ1) is 26.8. The Morgan fingerprint density at radius 1 is 1.03 bits per heavy atom. The maximum absolute atomic E-state index is 5.78. The van der Waals surface area contributed by atoms with Crippen LogP contribution >= 0.6 is 22.6 Å². The molecule has 0 saturated heterocycles. The van der Waals surface area contributed by atoms with Gasteiger partial charge in [0.25, 0.3) is 0 Å². The van der Waals surface area contributed by atoms with Crippen molar-refractivity contribution < 1.29 is 14.2 Å². The minimum Gasteiger partial charge on any atom is -0.491 e. The van der Waals surface area contributed by atoms with Crippen molar-refractivity contribution in [1.82, 2.24) is 0 Å². The van der Waals surface area contributed by atoms with Gasteiger partial charge in [-0.1, -0.05) is 87.1 Å². The first-order valence-electron chi connectivity index (χ1n) is 11.2. The highest BCUT2D eigenvalue weighted by Crippen LogP contribution is 2.33. The van der Waals surface area contributed by atoms with E-state index in [1.54, 1.807) is 0 Å². The molecule has 0 amide bonds. The summed E-state index contributed by atoms with van der Waals surface area (Å²) < 4.78 is 17.4. The van der Waals surface area contributed by atoms with Crippen molar-refractivity contribution in [2.24, 2.45) is 0 Å². The predicted octanol–water partition coefficient (Wildman–Crippen LogP) is 7.97.